The number of likely N-dealkylation sites (N-methyl/N-ethyl adjacent to an activating group) is 1. The van der Waals surface area contributed by atoms with Crippen LogP contribution in [0.5, 0.6) is 5.88 Å². The molecular weight excluding hydrogens is 240 g/mol. The fourth-order valence-electron chi connectivity index (χ4n) is 1.92. The van der Waals surface area contributed by atoms with Gasteiger partial charge in [0.1, 0.15) is 5.69 Å². The maximum absolute atomic E-state index is 5.35. The molecule has 5 heteroatoms. The molecule has 0 aromatic carbocycles. The van der Waals surface area contributed by atoms with Crippen molar-refractivity contribution in [2.75, 3.05) is 27.7 Å². The first-order chi connectivity index (χ1) is 8.95. The third-order valence-electron chi connectivity index (χ3n) is 3.62. The minimum absolute atomic E-state index is 0.0612. The van der Waals surface area contributed by atoms with Crippen LogP contribution in [0.1, 0.15) is 38.9 Å². The zero-order valence-electron chi connectivity index (χ0n) is 12.9. The van der Waals surface area contributed by atoms with Gasteiger partial charge in [0.05, 0.1) is 13.2 Å². The summed E-state index contributed by atoms with van der Waals surface area (Å²) in [6, 6.07) is 0.0612. The molecule has 1 aromatic rings. The van der Waals surface area contributed by atoms with Gasteiger partial charge in [-0.3, -0.25) is 4.98 Å². The Morgan fingerprint density at radius 1 is 1.32 bits per heavy atom. The van der Waals surface area contributed by atoms with E-state index in [1.165, 1.54) is 0 Å². The molecule has 0 fully saturated rings. The summed E-state index contributed by atoms with van der Waals surface area (Å²) >= 11 is 0. The maximum atomic E-state index is 5.35. The van der Waals surface area contributed by atoms with E-state index in [0.29, 0.717) is 5.88 Å². The molecule has 1 rings (SSSR count). The summed E-state index contributed by atoms with van der Waals surface area (Å²) in [4.78, 5) is 10.9. The Hall–Kier alpha value is -1.20. The molecule has 1 atom stereocenters. The summed E-state index contributed by atoms with van der Waals surface area (Å²) in [5.74, 6) is 0.589. The topological polar surface area (TPSA) is 50.3 Å². The highest BCUT2D eigenvalue weighted by Gasteiger charge is 2.35. The van der Waals surface area contributed by atoms with Crippen LogP contribution < -0.4 is 10.1 Å². The molecule has 1 aromatic heterocycles. The summed E-state index contributed by atoms with van der Waals surface area (Å²) in [6.45, 7) is 7.46. The SMILES string of the molecule is CCCNC(c1nccnc1OC)C(C)(C)N(C)C. The highest BCUT2D eigenvalue weighted by Crippen LogP contribution is 2.32. The van der Waals surface area contributed by atoms with E-state index < -0.39 is 0 Å². The molecule has 108 valence electrons. The molecular formula is C14H26N4O. The van der Waals surface area contributed by atoms with E-state index in [-0.39, 0.29) is 11.6 Å². The van der Waals surface area contributed by atoms with Crippen molar-refractivity contribution in [3.05, 3.63) is 18.1 Å². The molecule has 0 aliphatic rings. The average Bonchev–Trinajstić information content (AvgIpc) is 2.39. The van der Waals surface area contributed by atoms with Crippen molar-refractivity contribution < 1.29 is 4.74 Å². The Kier molecular flexibility index (Phi) is 5.69. The monoisotopic (exact) mass is 266 g/mol. The van der Waals surface area contributed by atoms with Crippen molar-refractivity contribution >= 4 is 0 Å². The van der Waals surface area contributed by atoms with Crippen LogP contribution in [0, 0.1) is 0 Å². The van der Waals surface area contributed by atoms with E-state index in [4.69, 9.17) is 4.74 Å². The number of hydrogen-bond donors (Lipinski definition) is 1. The Morgan fingerprint density at radius 2 is 1.95 bits per heavy atom. The third kappa shape index (κ3) is 3.64. The molecule has 1 N–H and O–H groups in total. The molecule has 0 saturated heterocycles. The number of nitrogens with zero attached hydrogens (tertiary/aromatic N) is 3. The van der Waals surface area contributed by atoms with E-state index in [9.17, 15) is 0 Å². The van der Waals surface area contributed by atoms with E-state index >= 15 is 0 Å². The van der Waals surface area contributed by atoms with Crippen molar-refractivity contribution in [1.82, 2.24) is 20.2 Å². The van der Waals surface area contributed by atoms with Crippen LogP contribution in [0.2, 0.25) is 0 Å². The van der Waals surface area contributed by atoms with Gasteiger partial charge in [-0.1, -0.05) is 6.92 Å². The number of aromatic nitrogens is 2. The predicted octanol–water partition coefficient (Wildman–Crippen LogP) is 1.87. The lowest BCUT2D eigenvalue weighted by Crippen LogP contribution is -2.50. The van der Waals surface area contributed by atoms with E-state index in [0.717, 1.165) is 18.7 Å². The first-order valence-electron chi connectivity index (χ1n) is 6.70. The summed E-state index contributed by atoms with van der Waals surface area (Å²) in [7, 11) is 5.78. The molecule has 0 bridgehead atoms. The Balaban J connectivity index is 3.16. The highest BCUT2D eigenvalue weighted by molar-refractivity contribution is 5.24. The van der Waals surface area contributed by atoms with Crippen LogP contribution >= 0.6 is 0 Å². The van der Waals surface area contributed by atoms with Crippen LogP contribution in [-0.4, -0.2) is 48.2 Å². The zero-order chi connectivity index (χ0) is 14.5. The largest absolute Gasteiger partial charge is 0.480 e. The van der Waals surface area contributed by atoms with Crippen LogP contribution in [0.3, 0.4) is 0 Å². The Morgan fingerprint density at radius 3 is 2.47 bits per heavy atom. The number of ether oxygens (including phenoxy) is 1. The van der Waals surface area contributed by atoms with E-state index in [1.54, 1.807) is 19.5 Å². The van der Waals surface area contributed by atoms with Crippen molar-refractivity contribution in [1.29, 1.82) is 0 Å². The lowest BCUT2D eigenvalue weighted by Gasteiger charge is -2.40. The van der Waals surface area contributed by atoms with Crippen LogP contribution in [-0.2, 0) is 0 Å². The normalized spacial score (nSPS) is 13.6. The fraction of sp³-hybridized carbons (Fsp3) is 0.714. The second-order valence-corrected chi connectivity index (χ2v) is 5.39. The van der Waals surface area contributed by atoms with Gasteiger partial charge in [0.25, 0.3) is 0 Å². The zero-order valence-corrected chi connectivity index (χ0v) is 12.9. The van der Waals surface area contributed by atoms with Gasteiger partial charge in [-0.05, 0) is 40.9 Å². The van der Waals surface area contributed by atoms with Gasteiger partial charge in [0.15, 0.2) is 0 Å². The minimum atomic E-state index is -0.0987. The maximum Gasteiger partial charge on any atom is 0.237 e. The summed E-state index contributed by atoms with van der Waals surface area (Å²) in [5, 5.41) is 3.56. The van der Waals surface area contributed by atoms with Crippen molar-refractivity contribution in [2.24, 2.45) is 0 Å². The lowest BCUT2D eigenvalue weighted by atomic mass is 9.90. The van der Waals surface area contributed by atoms with Crippen LogP contribution in [0.15, 0.2) is 12.4 Å². The summed E-state index contributed by atoms with van der Waals surface area (Å²) < 4.78 is 5.35. The first-order valence-corrected chi connectivity index (χ1v) is 6.70. The summed E-state index contributed by atoms with van der Waals surface area (Å²) in [6.07, 6.45) is 4.44. The standard InChI is InChI=1S/C14H26N4O/c1-7-8-16-12(14(2,3)18(4)5)11-13(19-6)17-10-9-15-11/h9-10,12,16H,7-8H2,1-6H3. The third-order valence-corrected chi connectivity index (χ3v) is 3.62. The van der Waals surface area contributed by atoms with Gasteiger partial charge in [0.2, 0.25) is 5.88 Å². The average molecular weight is 266 g/mol. The summed E-state index contributed by atoms with van der Waals surface area (Å²) in [5.41, 5.74) is 0.760. The smallest absolute Gasteiger partial charge is 0.237 e. The molecule has 19 heavy (non-hydrogen) atoms. The molecule has 0 radical (unpaired) electrons. The second kappa shape index (κ2) is 6.82. The van der Waals surface area contributed by atoms with Gasteiger partial charge in [0, 0.05) is 17.9 Å². The molecule has 0 amide bonds. The van der Waals surface area contributed by atoms with Gasteiger partial charge in [-0.2, -0.15) is 0 Å². The Bertz CT molecular complexity index is 393. The number of nitrogens with one attached hydrogen (secondary N) is 1. The second-order valence-electron chi connectivity index (χ2n) is 5.39. The highest BCUT2D eigenvalue weighted by atomic mass is 16.5. The molecule has 0 spiro atoms. The van der Waals surface area contributed by atoms with Crippen molar-refractivity contribution in [3.8, 4) is 5.88 Å². The van der Waals surface area contributed by atoms with Gasteiger partial charge in [-0.15, -0.1) is 0 Å². The lowest BCUT2D eigenvalue weighted by molar-refractivity contribution is 0.133. The number of hydrogen-bond acceptors (Lipinski definition) is 5. The first kappa shape index (κ1) is 15.9. The van der Waals surface area contributed by atoms with Crippen LogP contribution in [0.4, 0.5) is 0 Å². The predicted molar refractivity (Wildman–Crippen MR) is 77.4 cm³/mol. The molecule has 5 nitrogen and oxygen atoms in total. The van der Waals surface area contributed by atoms with Crippen molar-refractivity contribution in [3.63, 3.8) is 0 Å². The molecule has 0 saturated carbocycles. The van der Waals surface area contributed by atoms with Gasteiger partial charge >= 0.3 is 0 Å². The fourth-order valence-corrected chi connectivity index (χ4v) is 1.92. The van der Waals surface area contributed by atoms with Crippen LogP contribution in [0.25, 0.3) is 0 Å². The minimum Gasteiger partial charge on any atom is -0.480 e. The molecule has 0 aliphatic carbocycles. The van der Waals surface area contributed by atoms with Gasteiger partial charge < -0.3 is 15.0 Å². The van der Waals surface area contributed by atoms with Gasteiger partial charge in [-0.25, -0.2) is 4.98 Å². The molecule has 1 heterocycles. The number of rotatable bonds is 7. The van der Waals surface area contributed by atoms with E-state index in [2.05, 4.69) is 55.1 Å². The quantitative estimate of drug-likeness (QED) is 0.816. The molecule has 1 unspecified atom stereocenters. The number of methoxy groups -OCH3 is 1. The Labute approximate surface area is 116 Å². The molecule has 0 aliphatic heterocycles. The van der Waals surface area contributed by atoms with Crippen molar-refractivity contribution in [2.45, 2.75) is 38.8 Å². The van der Waals surface area contributed by atoms with E-state index in [1.807, 2.05) is 0 Å².